The van der Waals surface area contributed by atoms with Gasteiger partial charge in [0.25, 0.3) is 0 Å². The number of aryl methyl sites for hydroxylation is 2. The molecule has 1 aliphatic rings. The van der Waals surface area contributed by atoms with Crippen LogP contribution >= 0.6 is 0 Å². The van der Waals surface area contributed by atoms with Crippen LogP contribution in [0.5, 0.6) is 5.75 Å². The molecule has 0 aliphatic heterocycles. The average molecular weight is 481 g/mol. The molecule has 34 heavy (non-hydrogen) atoms. The van der Waals surface area contributed by atoms with Crippen molar-refractivity contribution in [2.45, 2.75) is 76.9 Å². The van der Waals surface area contributed by atoms with Crippen molar-refractivity contribution in [1.29, 1.82) is 0 Å². The summed E-state index contributed by atoms with van der Waals surface area (Å²) in [5, 5.41) is 30.8. The van der Waals surface area contributed by atoms with Gasteiger partial charge in [0.15, 0.2) is 0 Å². The van der Waals surface area contributed by atoms with Crippen molar-refractivity contribution < 1.29 is 58.8 Å². The fourth-order valence-electron chi connectivity index (χ4n) is 5.10. The number of hydrogen-bond donors (Lipinski definition) is 2. The van der Waals surface area contributed by atoms with E-state index in [9.17, 15) is 24.5 Å². The molecule has 0 saturated heterocycles. The first-order valence-corrected chi connectivity index (χ1v) is 11.8. The molecule has 2 aromatic carbocycles. The molecule has 0 amide bonds. The molecule has 2 unspecified atom stereocenters. The van der Waals surface area contributed by atoms with Gasteiger partial charge < -0.3 is 24.9 Å². The van der Waals surface area contributed by atoms with Crippen LogP contribution in [0.3, 0.4) is 0 Å². The van der Waals surface area contributed by atoms with Gasteiger partial charge in [-0.3, -0.25) is 0 Å². The molecule has 1 aliphatic carbocycles. The van der Waals surface area contributed by atoms with Gasteiger partial charge >= 0.3 is 29.6 Å². The summed E-state index contributed by atoms with van der Waals surface area (Å²) >= 11 is 0. The first-order chi connectivity index (χ1) is 15.7. The number of rotatable bonds is 10. The zero-order chi connectivity index (χ0) is 24.0. The van der Waals surface area contributed by atoms with E-state index in [1.54, 1.807) is 0 Å². The maximum absolute atomic E-state index is 13.7. The van der Waals surface area contributed by atoms with Gasteiger partial charge in [0.1, 0.15) is 18.2 Å². The van der Waals surface area contributed by atoms with Crippen LogP contribution in [-0.4, -0.2) is 35.0 Å². The van der Waals surface area contributed by atoms with Crippen molar-refractivity contribution in [3.8, 4) is 5.75 Å². The zero-order valence-corrected chi connectivity index (χ0v) is 22.4. The van der Waals surface area contributed by atoms with E-state index in [-0.39, 0.29) is 54.3 Å². The van der Waals surface area contributed by atoms with E-state index < -0.39 is 24.6 Å². The molecule has 1 saturated carbocycles. The van der Waals surface area contributed by atoms with Crippen LogP contribution in [0.2, 0.25) is 0 Å². The Balaban J connectivity index is 0.00000408. The summed E-state index contributed by atoms with van der Waals surface area (Å²) in [6.45, 7) is 3.93. The van der Waals surface area contributed by atoms with Crippen molar-refractivity contribution in [3.05, 3.63) is 64.5 Å². The van der Waals surface area contributed by atoms with Gasteiger partial charge in [-0.2, -0.15) is 0 Å². The Morgan fingerprint density at radius 1 is 1.09 bits per heavy atom. The summed E-state index contributed by atoms with van der Waals surface area (Å²) in [5.41, 5.74) is 4.11. The van der Waals surface area contributed by atoms with Gasteiger partial charge in [-0.05, 0) is 55.9 Å². The smallest absolute Gasteiger partial charge is 0.550 e. The van der Waals surface area contributed by atoms with Gasteiger partial charge in [-0.15, -0.1) is 0 Å². The summed E-state index contributed by atoms with van der Waals surface area (Å²) < 4.78 is 19.8. The number of aliphatic carboxylic acids is 1. The second kappa shape index (κ2) is 13.6. The van der Waals surface area contributed by atoms with Gasteiger partial charge in [0.2, 0.25) is 0 Å². The summed E-state index contributed by atoms with van der Waals surface area (Å²) in [6, 6.07) is 10.8. The van der Waals surface area contributed by atoms with Crippen molar-refractivity contribution in [3.63, 3.8) is 0 Å². The van der Waals surface area contributed by atoms with E-state index in [4.69, 9.17) is 4.74 Å². The number of ether oxygens (including phenoxy) is 1. The molecule has 0 bridgehead atoms. The third kappa shape index (κ3) is 8.06. The number of aliphatic hydroxyl groups excluding tert-OH is 2. The van der Waals surface area contributed by atoms with Gasteiger partial charge in [0.05, 0.1) is 12.2 Å². The summed E-state index contributed by atoms with van der Waals surface area (Å²) in [7, 11) is 0. The van der Waals surface area contributed by atoms with Gasteiger partial charge in [0, 0.05) is 30.3 Å². The van der Waals surface area contributed by atoms with E-state index in [2.05, 4.69) is 6.07 Å². The normalized spacial score (nSPS) is 16.9. The summed E-state index contributed by atoms with van der Waals surface area (Å²) in [4.78, 5) is 10.7. The molecule has 180 valence electrons. The molecule has 0 aromatic heterocycles. The Kier molecular flexibility index (Phi) is 11.5. The van der Waals surface area contributed by atoms with E-state index >= 15 is 0 Å². The molecule has 5 nitrogen and oxygen atoms in total. The number of aliphatic hydroxyl groups is 2. The molecular weight excluding hydrogens is 446 g/mol. The number of hydrogen-bond acceptors (Lipinski definition) is 5. The molecule has 1 fully saturated rings. The Morgan fingerprint density at radius 2 is 1.74 bits per heavy atom. The number of carbonyl (C=O) groups excluding carboxylic acids is 1. The first kappa shape index (κ1) is 28.8. The van der Waals surface area contributed by atoms with Crippen LogP contribution in [0.25, 0.3) is 0 Å². The van der Waals surface area contributed by atoms with Crippen molar-refractivity contribution in [2.75, 3.05) is 6.61 Å². The standard InChI is InChI=1S/C27H35FO5.Na/c1-17-12-18(2)27(33-16-23(30)14-22(29)15-25(31)32)24(13-17)26(19-6-4-3-5-7-19)20-8-10-21(28)11-9-20;/h8-13,19,22-23,26,29-30H,3-7,14-16H2,1-2H3,(H,31,32);/q;+1/p-1/t22-,23?,26?;/m1./s1. The SMILES string of the molecule is Cc1cc(C)c(OCC(O)C[C@@H](O)CC(=O)[O-])c(C(c2ccc(F)cc2)C2CCCCC2)c1.[Na+]. The molecule has 7 heteroatoms. The van der Waals surface area contributed by atoms with Crippen LogP contribution in [0, 0.1) is 25.6 Å². The maximum Gasteiger partial charge on any atom is 1.00 e. The number of carbonyl (C=O) groups is 1. The minimum atomic E-state index is -1.36. The van der Waals surface area contributed by atoms with Crippen LogP contribution in [0.4, 0.5) is 4.39 Å². The third-order valence-corrected chi connectivity index (χ3v) is 6.50. The molecule has 3 atom stereocenters. The largest absolute Gasteiger partial charge is 1.00 e. The quantitative estimate of drug-likeness (QED) is 0.491. The Hall–Kier alpha value is -1.44. The minimum Gasteiger partial charge on any atom is -0.550 e. The summed E-state index contributed by atoms with van der Waals surface area (Å²) in [6.07, 6.45) is 2.88. The van der Waals surface area contributed by atoms with Gasteiger partial charge in [-0.1, -0.05) is 49.1 Å². The molecule has 0 spiro atoms. The van der Waals surface area contributed by atoms with E-state index in [0.717, 1.165) is 35.1 Å². The van der Waals surface area contributed by atoms with Crippen LogP contribution in [-0.2, 0) is 4.79 Å². The molecule has 0 radical (unpaired) electrons. The Labute approximate surface area is 223 Å². The van der Waals surface area contributed by atoms with Gasteiger partial charge in [-0.25, -0.2) is 4.39 Å². The van der Waals surface area contributed by atoms with E-state index in [1.165, 1.54) is 31.4 Å². The van der Waals surface area contributed by atoms with Crippen molar-refractivity contribution >= 4 is 5.97 Å². The molecule has 2 aromatic rings. The minimum absolute atomic E-state index is 0. The summed E-state index contributed by atoms with van der Waals surface area (Å²) in [5.74, 6) is -0.491. The number of halogens is 1. The third-order valence-electron chi connectivity index (χ3n) is 6.50. The fourth-order valence-corrected chi connectivity index (χ4v) is 5.10. The molecule has 3 rings (SSSR count). The van der Waals surface area contributed by atoms with Crippen LogP contribution in [0.1, 0.15) is 73.1 Å². The number of carboxylic acid groups (broad SMARTS) is 1. The predicted octanol–water partition coefficient (Wildman–Crippen LogP) is 0.789. The van der Waals surface area contributed by atoms with Crippen molar-refractivity contribution in [1.82, 2.24) is 0 Å². The predicted molar refractivity (Wildman–Crippen MR) is 122 cm³/mol. The molecular formula is C27H34FNaO5. The van der Waals surface area contributed by atoms with Crippen LogP contribution < -0.4 is 39.4 Å². The molecule has 2 N–H and O–H groups in total. The Morgan fingerprint density at radius 3 is 2.35 bits per heavy atom. The second-order valence-corrected chi connectivity index (χ2v) is 9.36. The first-order valence-electron chi connectivity index (χ1n) is 11.8. The molecule has 0 heterocycles. The van der Waals surface area contributed by atoms with Crippen molar-refractivity contribution in [2.24, 2.45) is 5.92 Å². The zero-order valence-electron chi connectivity index (χ0n) is 20.4. The fraction of sp³-hybridized carbons (Fsp3) is 0.519. The van der Waals surface area contributed by atoms with Crippen LogP contribution in [0.15, 0.2) is 36.4 Å². The maximum atomic E-state index is 13.7. The Bertz CT molecular complexity index is 927. The topological polar surface area (TPSA) is 89.8 Å². The number of carboxylic acids is 1. The van der Waals surface area contributed by atoms with E-state index in [1.807, 2.05) is 32.0 Å². The second-order valence-electron chi connectivity index (χ2n) is 9.36. The average Bonchev–Trinajstić information content (AvgIpc) is 2.74. The monoisotopic (exact) mass is 480 g/mol. The van der Waals surface area contributed by atoms with E-state index in [0.29, 0.717) is 11.7 Å². The number of benzene rings is 2.